The molecule has 1 heterocycles. The summed E-state index contributed by atoms with van der Waals surface area (Å²) in [6.07, 6.45) is 3.37. The van der Waals surface area contributed by atoms with Crippen LogP contribution in [-0.4, -0.2) is 25.1 Å². The molecule has 0 spiro atoms. The van der Waals surface area contributed by atoms with Crippen LogP contribution < -0.4 is 5.32 Å². The third-order valence-electron chi connectivity index (χ3n) is 6.00. The van der Waals surface area contributed by atoms with Gasteiger partial charge in [0.2, 0.25) is 0 Å². The van der Waals surface area contributed by atoms with Crippen molar-refractivity contribution in [2.45, 2.75) is 51.6 Å². The van der Waals surface area contributed by atoms with E-state index in [2.05, 4.69) is 65.3 Å². The topological polar surface area (TPSA) is 40.0 Å². The number of fused-ring (bicyclic) bond motifs is 3. The minimum Gasteiger partial charge on any atom is -0.354 e. The molecule has 4 nitrogen and oxygen atoms in total. The van der Waals surface area contributed by atoms with Gasteiger partial charge in [-0.15, -0.1) is 0 Å². The molecule has 0 unspecified atom stereocenters. The minimum absolute atomic E-state index is 0.238. The Kier molecular flexibility index (Phi) is 5.81. The number of ether oxygens (including phenoxy) is 2. The Morgan fingerprint density at radius 3 is 2.64 bits per heavy atom. The predicted molar refractivity (Wildman–Crippen MR) is 112 cm³/mol. The Morgan fingerprint density at radius 2 is 1.89 bits per heavy atom. The van der Waals surface area contributed by atoms with Crippen LogP contribution in [0.4, 0.5) is 0 Å². The second-order valence-corrected chi connectivity index (χ2v) is 7.82. The van der Waals surface area contributed by atoms with Crippen LogP contribution >= 0.6 is 0 Å². The second kappa shape index (κ2) is 8.48. The van der Waals surface area contributed by atoms with Gasteiger partial charge in [-0.2, -0.15) is 0 Å². The summed E-state index contributed by atoms with van der Waals surface area (Å²) in [6.45, 7) is 3.90. The normalized spacial score (nSPS) is 16.6. The van der Waals surface area contributed by atoms with E-state index in [1.807, 2.05) is 0 Å². The van der Waals surface area contributed by atoms with E-state index in [1.165, 1.54) is 46.1 Å². The molecule has 0 aliphatic heterocycles. The van der Waals surface area contributed by atoms with Gasteiger partial charge in [0, 0.05) is 37.1 Å². The summed E-state index contributed by atoms with van der Waals surface area (Å²) in [5.74, 6) is 0. The van der Waals surface area contributed by atoms with Crippen LogP contribution in [0.5, 0.6) is 0 Å². The van der Waals surface area contributed by atoms with E-state index in [4.69, 9.17) is 9.47 Å². The molecule has 28 heavy (non-hydrogen) atoms. The van der Waals surface area contributed by atoms with Gasteiger partial charge in [-0.05, 0) is 37.5 Å². The molecule has 1 aromatic heterocycles. The Morgan fingerprint density at radius 1 is 1.11 bits per heavy atom. The van der Waals surface area contributed by atoms with Crippen molar-refractivity contribution in [1.29, 1.82) is 0 Å². The van der Waals surface area contributed by atoms with Gasteiger partial charge in [0.05, 0.1) is 12.2 Å². The van der Waals surface area contributed by atoms with Gasteiger partial charge in [-0.1, -0.05) is 42.0 Å². The number of hydrogen-bond acceptors (Lipinski definition) is 2. The smallest absolute Gasteiger partial charge is 0.174 e. The molecule has 1 atom stereocenters. The van der Waals surface area contributed by atoms with Gasteiger partial charge in [-0.3, -0.25) is 0 Å². The average molecular weight is 380 g/mol. The van der Waals surface area contributed by atoms with Crippen LogP contribution in [0.2, 0.25) is 0 Å². The van der Waals surface area contributed by atoms with Gasteiger partial charge in [-0.25, -0.2) is 0 Å². The third kappa shape index (κ3) is 3.72. The molecule has 1 aliphatic rings. The zero-order valence-corrected chi connectivity index (χ0v) is 17.2. The average Bonchev–Trinajstić information content (AvgIpc) is 3.04. The van der Waals surface area contributed by atoms with E-state index in [0.717, 1.165) is 19.5 Å². The summed E-state index contributed by atoms with van der Waals surface area (Å²) in [6, 6.07) is 18.0. The number of nitrogens with two attached hydrogens (primary N) is 1. The molecule has 0 saturated carbocycles. The van der Waals surface area contributed by atoms with Gasteiger partial charge in [0.1, 0.15) is 12.6 Å². The van der Waals surface area contributed by atoms with Crippen LogP contribution in [0, 0.1) is 6.92 Å². The number of nitrogens with zero attached hydrogens (tertiary/aromatic N) is 1. The number of aromatic nitrogens is 1. The highest BCUT2D eigenvalue weighted by molar-refractivity contribution is 5.86. The summed E-state index contributed by atoms with van der Waals surface area (Å²) in [7, 11) is 3.44. The number of rotatable bonds is 7. The molecule has 0 radical (unpaired) electrons. The van der Waals surface area contributed by atoms with Gasteiger partial charge in [0.25, 0.3) is 0 Å². The molecular formula is C24H31N2O2+. The van der Waals surface area contributed by atoms with Crippen LogP contribution in [0.3, 0.4) is 0 Å². The molecule has 148 valence electrons. The molecule has 0 fully saturated rings. The summed E-state index contributed by atoms with van der Waals surface area (Å²) in [5, 5.41) is 3.91. The molecule has 1 aliphatic carbocycles. The zero-order valence-electron chi connectivity index (χ0n) is 17.2. The van der Waals surface area contributed by atoms with Crippen molar-refractivity contribution in [3.63, 3.8) is 0 Å². The molecule has 0 saturated heterocycles. The van der Waals surface area contributed by atoms with Crippen LogP contribution in [0.1, 0.15) is 41.3 Å². The number of quaternary nitrogens is 1. The Bertz CT molecular complexity index is 929. The first-order valence-corrected chi connectivity index (χ1v) is 10.3. The van der Waals surface area contributed by atoms with E-state index in [1.54, 1.807) is 14.2 Å². The Balaban J connectivity index is 1.74. The van der Waals surface area contributed by atoms with E-state index in [-0.39, 0.29) is 6.29 Å². The molecule has 0 amide bonds. The maximum atomic E-state index is 5.55. The monoisotopic (exact) mass is 379 g/mol. The largest absolute Gasteiger partial charge is 0.354 e. The third-order valence-corrected chi connectivity index (χ3v) is 6.00. The quantitative estimate of drug-likeness (QED) is 0.636. The Labute approximate surface area is 167 Å². The lowest BCUT2D eigenvalue weighted by atomic mass is 9.91. The second-order valence-electron chi connectivity index (χ2n) is 7.82. The number of hydrogen-bond donors (Lipinski definition) is 1. The molecule has 4 heteroatoms. The molecule has 3 aromatic rings. The molecule has 0 bridgehead atoms. The van der Waals surface area contributed by atoms with Crippen LogP contribution in [0.15, 0.2) is 48.5 Å². The maximum absolute atomic E-state index is 5.55. The summed E-state index contributed by atoms with van der Waals surface area (Å²) < 4.78 is 13.5. The van der Waals surface area contributed by atoms with Crippen LogP contribution in [-0.2, 0) is 29.0 Å². The lowest BCUT2D eigenvalue weighted by Gasteiger charge is -2.25. The van der Waals surface area contributed by atoms with Gasteiger partial charge in [0.15, 0.2) is 6.29 Å². The first-order chi connectivity index (χ1) is 13.7. The van der Waals surface area contributed by atoms with Crippen molar-refractivity contribution in [3.05, 3.63) is 70.9 Å². The number of aryl methyl sites for hydroxylation is 2. The SMILES string of the molecule is COC(Cn1c2c(c3cc(C)ccc31)CCC[C@@H]2[NH2+]Cc1ccccc1)OC. The number of methoxy groups -OCH3 is 2. The fourth-order valence-electron chi connectivity index (χ4n) is 4.59. The van der Waals surface area contributed by atoms with Crippen molar-refractivity contribution in [2.24, 2.45) is 0 Å². The molecule has 2 aromatic carbocycles. The minimum atomic E-state index is -0.238. The van der Waals surface area contributed by atoms with Crippen molar-refractivity contribution in [2.75, 3.05) is 14.2 Å². The van der Waals surface area contributed by atoms with E-state index in [0.29, 0.717) is 6.04 Å². The highest BCUT2D eigenvalue weighted by Crippen LogP contribution is 2.36. The van der Waals surface area contributed by atoms with E-state index < -0.39 is 0 Å². The maximum Gasteiger partial charge on any atom is 0.174 e. The van der Waals surface area contributed by atoms with Gasteiger partial charge < -0.3 is 19.4 Å². The Hall–Kier alpha value is -2.14. The van der Waals surface area contributed by atoms with Gasteiger partial charge >= 0.3 is 0 Å². The van der Waals surface area contributed by atoms with Crippen LogP contribution in [0.25, 0.3) is 10.9 Å². The summed E-state index contributed by atoms with van der Waals surface area (Å²) in [5.41, 5.74) is 6.97. The predicted octanol–water partition coefficient (Wildman–Crippen LogP) is 3.71. The molecular weight excluding hydrogens is 348 g/mol. The summed E-state index contributed by atoms with van der Waals surface area (Å²) in [4.78, 5) is 0. The van der Waals surface area contributed by atoms with Crippen molar-refractivity contribution in [1.82, 2.24) is 4.57 Å². The molecule has 4 rings (SSSR count). The fourth-order valence-corrected chi connectivity index (χ4v) is 4.59. The highest BCUT2D eigenvalue weighted by Gasteiger charge is 2.30. The number of benzene rings is 2. The standard InChI is InChI=1S/C24H30N2O2/c1-17-12-13-22-20(14-17)19-10-7-11-21(25-15-18-8-5-4-6-9-18)24(19)26(22)16-23(27-2)28-3/h4-6,8-9,12-14,21,23,25H,7,10-11,15-16H2,1-3H3/p+1/t21-/m0/s1. The summed E-state index contributed by atoms with van der Waals surface area (Å²) >= 11 is 0. The van der Waals surface area contributed by atoms with Crippen molar-refractivity contribution >= 4 is 10.9 Å². The first-order valence-electron chi connectivity index (χ1n) is 10.3. The van der Waals surface area contributed by atoms with Crippen molar-refractivity contribution < 1.29 is 14.8 Å². The van der Waals surface area contributed by atoms with Crippen molar-refractivity contribution in [3.8, 4) is 0 Å². The molecule has 2 N–H and O–H groups in total. The highest BCUT2D eigenvalue weighted by atomic mass is 16.7. The first kappa shape index (κ1) is 19.2. The van der Waals surface area contributed by atoms with E-state index in [9.17, 15) is 0 Å². The zero-order chi connectivity index (χ0) is 19.5. The lowest BCUT2D eigenvalue weighted by Crippen LogP contribution is -2.84. The van der Waals surface area contributed by atoms with E-state index >= 15 is 0 Å². The fraction of sp³-hybridized carbons (Fsp3) is 0.417. The lowest BCUT2D eigenvalue weighted by molar-refractivity contribution is -0.713.